The van der Waals surface area contributed by atoms with Gasteiger partial charge in [0.1, 0.15) is 5.54 Å². The predicted molar refractivity (Wildman–Crippen MR) is 39.7 cm³/mol. The van der Waals surface area contributed by atoms with E-state index < -0.39 is 12.0 Å². The molecule has 2 nitrogen and oxygen atoms in total. The maximum absolute atomic E-state index is 12.2. The molecule has 0 aliphatic heterocycles. The Morgan fingerprint density at radius 2 is 2.36 bits per heavy atom. The summed E-state index contributed by atoms with van der Waals surface area (Å²) in [4.78, 5) is 3.72. The van der Waals surface area contributed by atoms with Crippen LogP contribution in [-0.4, -0.2) is 11.4 Å². The van der Waals surface area contributed by atoms with Gasteiger partial charge in [0.25, 0.3) is 6.43 Å². The molecule has 62 valence electrons. The van der Waals surface area contributed by atoms with E-state index in [1.165, 1.54) is 29.2 Å². The normalized spacial score (nSPS) is 16.8. The smallest absolute Gasteiger partial charge is 0.261 e. The number of aromatic nitrogens is 1. The molecule has 11 heavy (non-hydrogen) atoms. The first-order valence-corrected chi connectivity index (χ1v) is 3.95. The van der Waals surface area contributed by atoms with Gasteiger partial charge in [0, 0.05) is 5.38 Å². The molecular formula is C6H8F2N2S. The van der Waals surface area contributed by atoms with Crippen LogP contribution in [0, 0.1) is 0 Å². The van der Waals surface area contributed by atoms with Crippen molar-refractivity contribution in [2.75, 3.05) is 0 Å². The van der Waals surface area contributed by atoms with Crippen LogP contribution >= 0.6 is 11.3 Å². The lowest BCUT2D eigenvalue weighted by atomic mass is 10.0. The lowest BCUT2D eigenvalue weighted by molar-refractivity contribution is 0.0605. The third-order valence-electron chi connectivity index (χ3n) is 1.44. The van der Waals surface area contributed by atoms with Crippen molar-refractivity contribution in [1.29, 1.82) is 0 Å². The number of halogens is 2. The van der Waals surface area contributed by atoms with Crippen LogP contribution in [0.2, 0.25) is 0 Å². The molecule has 1 unspecified atom stereocenters. The molecule has 0 amide bonds. The molecule has 0 fully saturated rings. The highest BCUT2D eigenvalue weighted by molar-refractivity contribution is 7.07. The Hall–Kier alpha value is -0.550. The highest BCUT2D eigenvalue weighted by atomic mass is 32.1. The molecule has 1 atom stereocenters. The average molecular weight is 178 g/mol. The van der Waals surface area contributed by atoms with Crippen molar-refractivity contribution in [3.05, 3.63) is 16.6 Å². The predicted octanol–water partition coefficient (Wildman–Crippen LogP) is 1.58. The first-order valence-electron chi connectivity index (χ1n) is 3.01. The lowest BCUT2D eigenvalue weighted by Gasteiger charge is -2.20. The Balaban J connectivity index is 2.90. The zero-order valence-electron chi connectivity index (χ0n) is 5.92. The SMILES string of the molecule is CC(N)(c1cscn1)C(F)F. The second kappa shape index (κ2) is 2.83. The van der Waals surface area contributed by atoms with E-state index in [-0.39, 0.29) is 5.69 Å². The van der Waals surface area contributed by atoms with Crippen LogP contribution < -0.4 is 5.73 Å². The number of rotatable bonds is 2. The molecule has 0 saturated heterocycles. The molecule has 0 saturated carbocycles. The molecule has 1 aromatic rings. The number of nitrogens with zero attached hydrogens (tertiary/aromatic N) is 1. The highest BCUT2D eigenvalue weighted by Gasteiger charge is 2.33. The third-order valence-corrected chi connectivity index (χ3v) is 2.02. The molecule has 0 spiro atoms. The Kier molecular flexibility index (Phi) is 2.20. The summed E-state index contributed by atoms with van der Waals surface area (Å²) in [6.45, 7) is 1.27. The van der Waals surface area contributed by atoms with Crippen LogP contribution in [0.1, 0.15) is 12.6 Å². The molecule has 5 heteroatoms. The molecule has 1 heterocycles. The van der Waals surface area contributed by atoms with Crippen molar-refractivity contribution in [2.45, 2.75) is 18.9 Å². The summed E-state index contributed by atoms with van der Waals surface area (Å²) >= 11 is 1.26. The second-order valence-corrected chi connectivity index (χ2v) is 3.18. The lowest BCUT2D eigenvalue weighted by Crippen LogP contribution is -2.40. The summed E-state index contributed by atoms with van der Waals surface area (Å²) in [5.41, 5.74) is 5.44. The van der Waals surface area contributed by atoms with Gasteiger partial charge < -0.3 is 5.73 Å². The van der Waals surface area contributed by atoms with Gasteiger partial charge in [-0.15, -0.1) is 11.3 Å². The Morgan fingerprint density at radius 1 is 1.73 bits per heavy atom. The van der Waals surface area contributed by atoms with Crippen LogP contribution in [0.3, 0.4) is 0 Å². The van der Waals surface area contributed by atoms with Gasteiger partial charge in [-0.25, -0.2) is 13.8 Å². The van der Waals surface area contributed by atoms with Gasteiger partial charge in [-0.1, -0.05) is 0 Å². The number of hydrogen-bond acceptors (Lipinski definition) is 3. The fourth-order valence-corrected chi connectivity index (χ4v) is 1.27. The Labute approximate surface area is 67.1 Å². The average Bonchev–Trinajstić information content (AvgIpc) is 2.37. The number of alkyl halides is 2. The zero-order chi connectivity index (χ0) is 8.48. The van der Waals surface area contributed by atoms with E-state index in [1.807, 2.05) is 0 Å². The van der Waals surface area contributed by atoms with Crippen molar-refractivity contribution in [3.8, 4) is 0 Å². The second-order valence-electron chi connectivity index (χ2n) is 2.46. The Bertz CT molecular complexity index is 220. The van der Waals surface area contributed by atoms with Gasteiger partial charge >= 0.3 is 0 Å². The number of hydrogen-bond donors (Lipinski definition) is 1. The van der Waals surface area contributed by atoms with Crippen molar-refractivity contribution >= 4 is 11.3 Å². The minimum absolute atomic E-state index is 0.248. The van der Waals surface area contributed by atoms with Gasteiger partial charge in [0.15, 0.2) is 0 Å². The van der Waals surface area contributed by atoms with Crippen molar-refractivity contribution < 1.29 is 8.78 Å². The van der Waals surface area contributed by atoms with Crippen LogP contribution in [0.15, 0.2) is 10.9 Å². The quantitative estimate of drug-likeness (QED) is 0.746. The first kappa shape index (κ1) is 8.55. The summed E-state index contributed by atoms with van der Waals surface area (Å²) in [5.74, 6) is 0. The van der Waals surface area contributed by atoms with Gasteiger partial charge in [-0.2, -0.15) is 0 Å². The zero-order valence-corrected chi connectivity index (χ0v) is 6.74. The molecule has 0 aliphatic rings. The standard InChI is InChI=1S/C6H8F2N2S/c1-6(9,5(7)8)4-2-11-3-10-4/h2-3,5H,9H2,1H3. The van der Waals surface area contributed by atoms with E-state index >= 15 is 0 Å². The van der Waals surface area contributed by atoms with E-state index in [4.69, 9.17) is 5.73 Å². The van der Waals surface area contributed by atoms with Gasteiger partial charge in [-0.3, -0.25) is 0 Å². The van der Waals surface area contributed by atoms with Crippen molar-refractivity contribution in [2.24, 2.45) is 5.73 Å². The van der Waals surface area contributed by atoms with E-state index in [2.05, 4.69) is 4.98 Å². The van der Waals surface area contributed by atoms with E-state index in [1.54, 1.807) is 0 Å². The van der Waals surface area contributed by atoms with E-state index in [0.29, 0.717) is 0 Å². The number of thiazole rings is 1. The van der Waals surface area contributed by atoms with Crippen LogP contribution in [0.5, 0.6) is 0 Å². The summed E-state index contributed by atoms with van der Waals surface area (Å²) in [7, 11) is 0. The fourth-order valence-electron chi connectivity index (χ4n) is 0.590. The van der Waals surface area contributed by atoms with Gasteiger partial charge in [0.2, 0.25) is 0 Å². The van der Waals surface area contributed by atoms with Crippen LogP contribution in [0.4, 0.5) is 8.78 Å². The molecule has 0 radical (unpaired) electrons. The maximum Gasteiger partial charge on any atom is 0.261 e. The maximum atomic E-state index is 12.2. The van der Waals surface area contributed by atoms with Crippen molar-refractivity contribution in [1.82, 2.24) is 4.98 Å². The Morgan fingerprint density at radius 3 is 2.73 bits per heavy atom. The largest absolute Gasteiger partial charge is 0.316 e. The molecule has 1 rings (SSSR count). The van der Waals surface area contributed by atoms with E-state index in [9.17, 15) is 8.78 Å². The summed E-state index contributed by atoms with van der Waals surface area (Å²) < 4.78 is 24.4. The minimum Gasteiger partial charge on any atom is -0.316 e. The molecule has 1 aromatic heterocycles. The van der Waals surface area contributed by atoms with Crippen LogP contribution in [-0.2, 0) is 5.54 Å². The van der Waals surface area contributed by atoms with Gasteiger partial charge in [-0.05, 0) is 6.92 Å². The monoisotopic (exact) mass is 178 g/mol. The molecule has 0 bridgehead atoms. The van der Waals surface area contributed by atoms with Gasteiger partial charge in [0.05, 0.1) is 11.2 Å². The minimum atomic E-state index is -2.58. The number of nitrogens with two attached hydrogens (primary N) is 1. The summed E-state index contributed by atoms with van der Waals surface area (Å²) in [6.07, 6.45) is -2.58. The first-order chi connectivity index (χ1) is 5.05. The molecule has 2 N–H and O–H groups in total. The van der Waals surface area contributed by atoms with Crippen molar-refractivity contribution in [3.63, 3.8) is 0 Å². The van der Waals surface area contributed by atoms with E-state index in [0.717, 1.165) is 0 Å². The molecular weight excluding hydrogens is 170 g/mol. The topological polar surface area (TPSA) is 38.9 Å². The molecule has 0 aromatic carbocycles. The summed E-state index contributed by atoms with van der Waals surface area (Å²) in [6, 6.07) is 0. The molecule has 0 aliphatic carbocycles. The third kappa shape index (κ3) is 1.54. The highest BCUT2D eigenvalue weighted by Crippen LogP contribution is 2.24. The van der Waals surface area contributed by atoms with Crippen LogP contribution in [0.25, 0.3) is 0 Å². The summed E-state index contributed by atoms with van der Waals surface area (Å²) in [5, 5.41) is 1.53. The fraction of sp³-hybridized carbons (Fsp3) is 0.500.